The van der Waals surface area contributed by atoms with Crippen molar-refractivity contribution >= 4 is 22.5 Å². The molecule has 0 radical (unpaired) electrons. The van der Waals surface area contributed by atoms with Crippen LogP contribution in [0.1, 0.15) is 35.2 Å². The highest BCUT2D eigenvalue weighted by molar-refractivity contribution is 6.10. The van der Waals surface area contributed by atoms with Crippen molar-refractivity contribution in [3.63, 3.8) is 0 Å². The zero-order valence-corrected chi connectivity index (χ0v) is 15.3. The van der Waals surface area contributed by atoms with Crippen molar-refractivity contribution in [3.05, 3.63) is 89.2 Å². The van der Waals surface area contributed by atoms with E-state index >= 15 is 0 Å². The molecule has 4 heteroatoms. The second-order valence-corrected chi connectivity index (χ2v) is 7.18. The molecule has 1 aliphatic carbocycles. The average Bonchev–Trinajstić information content (AvgIpc) is 3.24. The number of carbonyl (C=O) groups excluding carboxylic acids is 2. The second-order valence-electron chi connectivity index (χ2n) is 7.18. The van der Waals surface area contributed by atoms with Crippen LogP contribution in [0.4, 0.5) is 0 Å². The van der Waals surface area contributed by atoms with E-state index in [9.17, 15) is 9.59 Å². The zero-order chi connectivity index (χ0) is 19.3. The average molecular weight is 370 g/mol. The van der Waals surface area contributed by atoms with Crippen LogP contribution in [0.3, 0.4) is 0 Å². The Kier molecular flexibility index (Phi) is 3.79. The number of ether oxygens (including phenoxy) is 2. The van der Waals surface area contributed by atoms with Crippen LogP contribution in [0.25, 0.3) is 10.8 Å². The van der Waals surface area contributed by atoms with Crippen molar-refractivity contribution in [2.45, 2.75) is 25.4 Å². The molecule has 0 saturated heterocycles. The Morgan fingerprint density at radius 1 is 0.964 bits per heavy atom. The molecule has 1 aliphatic heterocycles. The third-order valence-corrected chi connectivity index (χ3v) is 5.46. The minimum atomic E-state index is -0.452. The first-order valence-corrected chi connectivity index (χ1v) is 9.33. The van der Waals surface area contributed by atoms with Crippen molar-refractivity contribution in [1.29, 1.82) is 0 Å². The van der Waals surface area contributed by atoms with E-state index in [0.717, 1.165) is 22.1 Å². The van der Waals surface area contributed by atoms with Crippen LogP contribution in [-0.2, 0) is 9.53 Å². The van der Waals surface area contributed by atoms with Gasteiger partial charge in [-0.1, -0.05) is 60.7 Å². The van der Waals surface area contributed by atoms with E-state index in [2.05, 4.69) is 12.1 Å². The van der Waals surface area contributed by atoms with Gasteiger partial charge in [0.1, 0.15) is 5.75 Å². The van der Waals surface area contributed by atoms with E-state index in [0.29, 0.717) is 23.3 Å². The van der Waals surface area contributed by atoms with Gasteiger partial charge in [-0.05, 0) is 23.3 Å². The minimum Gasteiger partial charge on any atom is -0.481 e. The summed E-state index contributed by atoms with van der Waals surface area (Å²) in [6.45, 7) is 1.35. The Morgan fingerprint density at radius 2 is 1.71 bits per heavy atom. The van der Waals surface area contributed by atoms with Crippen molar-refractivity contribution in [2.24, 2.45) is 0 Å². The lowest BCUT2D eigenvalue weighted by molar-refractivity contribution is -0.138. The first-order valence-electron chi connectivity index (χ1n) is 9.33. The lowest BCUT2D eigenvalue weighted by Crippen LogP contribution is -2.20. The smallest absolute Gasteiger partial charge is 0.307 e. The first-order chi connectivity index (χ1) is 13.6. The maximum atomic E-state index is 13.1. The van der Waals surface area contributed by atoms with Crippen LogP contribution in [0.15, 0.2) is 78.1 Å². The normalized spacial score (nSPS) is 19.9. The molecule has 28 heavy (non-hydrogen) atoms. The summed E-state index contributed by atoms with van der Waals surface area (Å²) in [6.07, 6.45) is 0.0366. The maximum Gasteiger partial charge on any atom is 0.307 e. The number of Topliss-reactive ketones (excluding diaryl/α,β-unsaturated/α-hetero) is 1. The standard InChI is InChI=1S/C24H18O4/c1-14(25)27-24-19(22(26)16-8-3-2-4-9-16)13-18-21-17-10-6-5-7-15(17)11-12-20(21)28-23(18)24/h2-12,18,23H,13H2,1H3/t18-,23+/m1/s1. The molecule has 2 atom stereocenters. The van der Waals surface area contributed by atoms with Crippen molar-refractivity contribution in [3.8, 4) is 5.75 Å². The molecule has 2 aliphatic rings. The number of ketones is 1. The van der Waals surface area contributed by atoms with Gasteiger partial charge in [0.05, 0.1) is 0 Å². The van der Waals surface area contributed by atoms with Crippen LogP contribution in [0.2, 0.25) is 0 Å². The van der Waals surface area contributed by atoms with E-state index in [1.165, 1.54) is 6.92 Å². The highest BCUT2D eigenvalue weighted by Crippen LogP contribution is 2.52. The summed E-state index contributed by atoms with van der Waals surface area (Å²) in [5.41, 5.74) is 2.19. The molecule has 0 spiro atoms. The summed E-state index contributed by atoms with van der Waals surface area (Å²) in [4.78, 5) is 24.9. The first kappa shape index (κ1) is 16.8. The summed E-state index contributed by atoms with van der Waals surface area (Å²) in [5.74, 6) is 0.546. The van der Waals surface area contributed by atoms with Gasteiger partial charge < -0.3 is 9.47 Å². The maximum absolute atomic E-state index is 13.1. The molecule has 138 valence electrons. The Morgan fingerprint density at radius 3 is 2.50 bits per heavy atom. The number of benzene rings is 3. The fourth-order valence-corrected chi connectivity index (χ4v) is 4.31. The highest BCUT2D eigenvalue weighted by atomic mass is 16.6. The molecule has 1 heterocycles. The van der Waals surface area contributed by atoms with Crippen molar-refractivity contribution in [1.82, 2.24) is 0 Å². The van der Waals surface area contributed by atoms with Gasteiger partial charge in [0.2, 0.25) is 0 Å². The van der Waals surface area contributed by atoms with E-state index in [-0.39, 0.29) is 11.7 Å². The Balaban J connectivity index is 1.61. The monoisotopic (exact) mass is 370 g/mol. The van der Waals surface area contributed by atoms with Crippen molar-refractivity contribution < 1.29 is 19.1 Å². The zero-order valence-electron chi connectivity index (χ0n) is 15.3. The van der Waals surface area contributed by atoms with E-state index in [4.69, 9.17) is 9.47 Å². The summed E-state index contributed by atoms with van der Waals surface area (Å²) in [5, 5.41) is 2.24. The number of esters is 1. The molecule has 3 aromatic carbocycles. The molecule has 4 nitrogen and oxygen atoms in total. The fraction of sp³-hybridized carbons (Fsp3) is 0.167. The molecule has 0 N–H and O–H groups in total. The third-order valence-electron chi connectivity index (χ3n) is 5.46. The number of hydrogen-bond donors (Lipinski definition) is 0. The topological polar surface area (TPSA) is 52.6 Å². The van der Waals surface area contributed by atoms with Crippen molar-refractivity contribution in [2.75, 3.05) is 0 Å². The number of carbonyl (C=O) groups is 2. The Bertz CT molecular complexity index is 1140. The molecular weight excluding hydrogens is 352 g/mol. The van der Waals surface area contributed by atoms with Gasteiger partial charge in [-0.2, -0.15) is 0 Å². The van der Waals surface area contributed by atoms with Crippen LogP contribution < -0.4 is 4.74 Å². The molecule has 0 unspecified atom stereocenters. The lowest BCUT2D eigenvalue weighted by Gasteiger charge is -2.14. The van der Waals surface area contributed by atoms with Gasteiger partial charge in [-0.15, -0.1) is 0 Å². The van der Waals surface area contributed by atoms with E-state index in [1.807, 2.05) is 42.5 Å². The third kappa shape index (κ3) is 2.53. The summed E-state index contributed by atoms with van der Waals surface area (Å²) < 4.78 is 11.7. The number of fused-ring (bicyclic) bond motifs is 5. The molecule has 0 amide bonds. The van der Waals surface area contributed by atoms with Crippen LogP contribution >= 0.6 is 0 Å². The lowest BCUT2D eigenvalue weighted by atomic mass is 9.90. The highest BCUT2D eigenvalue weighted by Gasteiger charge is 2.47. The van der Waals surface area contributed by atoms with Crippen LogP contribution in [0, 0.1) is 0 Å². The van der Waals surface area contributed by atoms with Crippen LogP contribution in [0.5, 0.6) is 5.75 Å². The molecular formula is C24H18O4. The fourth-order valence-electron chi connectivity index (χ4n) is 4.31. The molecule has 3 aromatic rings. The summed E-state index contributed by atoms with van der Waals surface area (Å²) in [7, 11) is 0. The number of allylic oxidation sites excluding steroid dienone is 1. The molecule has 0 aromatic heterocycles. The van der Waals surface area contributed by atoms with Gasteiger partial charge in [-0.25, -0.2) is 0 Å². The van der Waals surface area contributed by atoms with Gasteiger partial charge >= 0.3 is 5.97 Å². The second kappa shape index (κ2) is 6.34. The van der Waals surface area contributed by atoms with Crippen LogP contribution in [-0.4, -0.2) is 17.9 Å². The largest absolute Gasteiger partial charge is 0.481 e. The summed E-state index contributed by atoms with van der Waals surface area (Å²) in [6, 6.07) is 21.2. The Hall–Kier alpha value is -3.40. The number of rotatable bonds is 3. The molecule has 0 fully saturated rings. The molecule has 0 bridgehead atoms. The minimum absolute atomic E-state index is 0.0434. The van der Waals surface area contributed by atoms with Gasteiger partial charge in [0.15, 0.2) is 17.6 Å². The summed E-state index contributed by atoms with van der Waals surface area (Å²) >= 11 is 0. The number of hydrogen-bond acceptors (Lipinski definition) is 4. The quantitative estimate of drug-likeness (QED) is 0.491. The Labute approximate surface area is 162 Å². The van der Waals surface area contributed by atoms with E-state index < -0.39 is 12.1 Å². The van der Waals surface area contributed by atoms with E-state index in [1.54, 1.807) is 12.1 Å². The predicted molar refractivity (Wildman–Crippen MR) is 105 cm³/mol. The molecule has 0 saturated carbocycles. The van der Waals surface area contributed by atoms with Gasteiger partial charge in [0, 0.05) is 29.5 Å². The molecule has 5 rings (SSSR count). The predicted octanol–water partition coefficient (Wildman–Crippen LogP) is 4.79. The van der Waals surface area contributed by atoms with Gasteiger partial charge in [-0.3, -0.25) is 9.59 Å². The SMILES string of the molecule is CC(=O)OC1=C(C(=O)c2ccccc2)C[C@@H]2c3c(ccc4ccccc34)O[C@H]12. The van der Waals surface area contributed by atoms with Gasteiger partial charge in [0.25, 0.3) is 0 Å².